The molecule has 38 heavy (non-hydrogen) atoms. The molecule has 0 aliphatic carbocycles. The van der Waals surface area contributed by atoms with Gasteiger partial charge < -0.3 is 10.2 Å². The van der Waals surface area contributed by atoms with Gasteiger partial charge >= 0.3 is 6.03 Å². The standard InChI is InChI=1S/C28H30N4O5S/c1-19-11-12-24(20(2)17-19)38(36,37)31-15-13-30(14-16-31)25(33)18-32-26(34)28(3,29-27(32)35)23-10-6-8-21-7-4-5-9-22(21)23/h4-12,17H,13-16,18H2,1-3H3,(H,29,35)/t28-/m0/s1. The minimum atomic E-state index is -3.70. The molecule has 2 heterocycles. The molecule has 5 rings (SSSR count). The zero-order valence-corrected chi connectivity index (χ0v) is 22.4. The number of urea groups is 1. The first-order valence-corrected chi connectivity index (χ1v) is 13.9. The Hall–Kier alpha value is -3.76. The number of piperazine rings is 1. The van der Waals surface area contributed by atoms with Crippen molar-refractivity contribution in [1.29, 1.82) is 0 Å². The van der Waals surface area contributed by atoms with Gasteiger partial charge in [0.1, 0.15) is 12.1 Å². The maximum absolute atomic E-state index is 13.5. The van der Waals surface area contributed by atoms with E-state index in [-0.39, 0.29) is 31.1 Å². The van der Waals surface area contributed by atoms with Crippen molar-refractivity contribution < 1.29 is 22.8 Å². The van der Waals surface area contributed by atoms with Gasteiger partial charge in [-0.05, 0) is 48.7 Å². The number of carbonyl (C=O) groups excluding carboxylic acids is 3. The summed E-state index contributed by atoms with van der Waals surface area (Å²) in [6, 6.07) is 17.8. The minimum Gasteiger partial charge on any atom is -0.338 e. The van der Waals surface area contributed by atoms with E-state index in [1.54, 1.807) is 32.0 Å². The van der Waals surface area contributed by atoms with E-state index in [4.69, 9.17) is 0 Å². The van der Waals surface area contributed by atoms with E-state index in [0.717, 1.165) is 21.2 Å². The fourth-order valence-corrected chi connectivity index (χ4v) is 6.95. The fourth-order valence-electron chi connectivity index (χ4n) is 5.33. The van der Waals surface area contributed by atoms with Crippen molar-refractivity contribution in [3.05, 3.63) is 77.4 Å². The molecular weight excluding hydrogens is 504 g/mol. The molecule has 1 atom stereocenters. The Morgan fingerprint density at radius 3 is 2.34 bits per heavy atom. The lowest BCUT2D eigenvalue weighted by atomic mass is 9.88. The molecule has 0 bridgehead atoms. The van der Waals surface area contributed by atoms with Gasteiger partial charge in [-0.1, -0.05) is 60.2 Å². The predicted molar refractivity (Wildman–Crippen MR) is 143 cm³/mol. The number of benzene rings is 3. The summed E-state index contributed by atoms with van der Waals surface area (Å²) in [5, 5.41) is 4.57. The maximum atomic E-state index is 13.5. The third kappa shape index (κ3) is 4.33. The average Bonchev–Trinajstić information content (AvgIpc) is 3.11. The molecule has 2 saturated heterocycles. The molecule has 0 radical (unpaired) electrons. The number of amides is 4. The first-order valence-electron chi connectivity index (χ1n) is 12.5. The van der Waals surface area contributed by atoms with Crippen molar-refractivity contribution in [2.75, 3.05) is 32.7 Å². The van der Waals surface area contributed by atoms with E-state index in [9.17, 15) is 22.8 Å². The predicted octanol–water partition coefficient (Wildman–Crippen LogP) is 2.76. The van der Waals surface area contributed by atoms with Crippen LogP contribution in [-0.4, -0.2) is 73.1 Å². The zero-order valence-electron chi connectivity index (χ0n) is 21.6. The molecule has 0 unspecified atom stereocenters. The van der Waals surface area contributed by atoms with E-state index in [2.05, 4.69) is 5.32 Å². The van der Waals surface area contributed by atoms with Crippen molar-refractivity contribution in [1.82, 2.24) is 19.4 Å². The van der Waals surface area contributed by atoms with E-state index >= 15 is 0 Å². The SMILES string of the molecule is Cc1ccc(S(=O)(=O)N2CCN(C(=O)CN3C(=O)N[C@@](C)(c4cccc5ccccc45)C3=O)CC2)c(C)c1. The lowest BCUT2D eigenvalue weighted by molar-refractivity contribution is -0.139. The van der Waals surface area contributed by atoms with Crippen LogP contribution in [0.1, 0.15) is 23.6 Å². The van der Waals surface area contributed by atoms with Crippen LogP contribution in [0.15, 0.2) is 65.6 Å². The Labute approximate surface area is 222 Å². The summed E-state index contributed by atoms with van der Waals surface area (Å²) in [5.74, 6) is -0.900. The van der Waals surface area contributed by atoms with Gasteiger partial charge in [-0.15, -0.1) is 0 Å². The first-order chi connectivity index (χ1) is 18.0. The second-order valence-electron chi connectivity index (χ2n) is 10.0. The summed E-state index contributed by atoms with van der Waals surface area (Å²) in [4.78, 5) is 42.2. The van der Waals surface area contributed by atoms with Crippen LogP contribution >= 0.6 is 0 Å². The van der Waals surface area contributed by atoms with Crippen LogP contribution in [-0.2, 0) is 25.2 Å². The molecule has 4 amide bonds. The minimum absolute atomic E-state index is 0.134. The number of nitrogens with one attached hydrogen (secondary N) is 1. The number of nitrogens with zero attached hydrogens (tertiary/aromatic N) is 3. The van der Waals surface area contributed by atoms with Crippen molar-refractivity contribution in [2.24, 2.45) is 0 Å². The summed E-state index contributed by atoms with van der Waals surface area (Å²) in [7, 11) is -3.70. The van der Waals surface area contributed by atoms with Gasteiger partial charge in [0.15, 0.2) is 0 Å². The largest absolute Gasteiger partial charge is 0.338 e. The fraction of sp³-hybridized carbons (Fsp3) is 0.321. The Balaban J connectivity index is 1.27. The average molecular weight is 535 g/mol. The maximum Gasteiger partial charge on any atom is 0.325 e. The summed E-state index contributed by atoms with van der Waals surface area (Å²) in [6.45, 7) is 5.53. The molecule has 10 heteroatoms. The van der Waals surface area contributed by atoms with Gasteiger partial charge in [-0.25, -0.2) is 13.2 Å². The molecule has 2 fully saturated rings. The quantitative estimate of drug-likeness (QED) is 0.507. The van der Waals surface area contributed by atoms with Crippen molar-refractivity contribution >= 4 is 38.6 Å². The van der Waals surface area contributed by atoms with Gasteiger partial charge in [0.05, 0.1) is 4.90 Å². The molecule has 2 aliphatic heterocycles. The molecule has 9 nitrogen and oxygen atoms in total. The number of fused-ring (bicyclic) bond motifs is 1. The summed E-state index contributed by atoms with van der Waals surface area (Å²) < 4.78 is 27.7. The van der Waals surface area contributed by atoms with Crippen LogP contribution in [0, 0.1) is 13.8 Å². The molecule has 0 spiro atoms. The van der Waals surface area contributed by atoms with Crippen LogP contribution in [0.5, 0.6) is 0 Å². The number of rotatable bonds is 5. The van der Waals surface area contributed by atoms with Crippen LogP contribution in [0.25, 0.3) is 10.8 Å². The Kier molecular flexibility index (Phi) is 6.48. The van der Waals surface area contributed by atoms with Crippen molar-refractivity contribution in [3.8, 4) is 0 Å². The summed E-state index contributed by atoms with van der Waals surface area (Å²) in [5.41, 5.74) is 1.01. The normalized spacial score (nSPS) is 20.7. The van der Waals surface area contributed by atoms with Crippen molar-refractivity contribution in [3.63, 3.8) is 0 Å². The lowest BCUT2D eigenvalue weighted by Gasteiger charge is -2.34. The summed E-state index contributed by atoms with van der Waals surface area (Å²) in [6.07, 6.45) is 0. The van der Waals surface area contributed by atoms with Crippen LogP contribution < -0.4 is 5.32 Å². The second-order valence-corrected chi connectivity index (χ2v) is 11.9. The third-order valence-corrected chi connectivity index (χ3v) is 9.50. The number of aryl methyl sites for hydroxylation is 2. The number of hydrogen-bond donors (Lipinski definition) is 1. The van der Waals surface area contributed by atoms with Gasteiger partial charge in [0, 0.05) is 26.2 Å². The van der Waals surface area contributed by atoms with Gasteiger partial charge in [0.25, 0.3) is 5.91 Å². The molecule has 3 aromatic carbocycles. The molecule has 3 aromatic rings. The smallest absolute Gasteiger partial charge is 0.325 e. The van der Waals surface area contributed by atoms with E-state index in [1.165, 1.54) is 9.21 Å². The topological polar surface area (TPSA) is 107 Å². The highest BCUT2D eigenvalue weighted by molar-refractivity contribution is 7.89. The molecular formula is C28H30N4O5S. The highest BCUT2D eigenvalue weighted by Gasteiger charge is 2.50. The highest BCUT2D eigenvalue weighted by Crippen LogP contribution is 2.34. The highest BCUT2D eigenvalue weighted by atomic mass is 32.2. The van der Waals surface area contributed by atoms with Crippen LogP contribution in [0.3, 0.4) is 0 Å². The zero-order chi connectivity index (χ0) is 27.2. The molecule has 1 N–H and O–H groups in total. The Morgan fingerprint density at radius 2 is 1.63 bits per heavy atom. The van der Waals surface area contributed by atoms with E-state index < -0.39 is 40.0 Å². The van der Waals surface area contributed by atoms with Crippen LogP contribution in [0.2, 0.25) is 0 Å². The second kappa shape index (κ2) is 9.52. The molecule has 0 saturated carbocycles. The third-order valence-electron chi connectivity index (χ3n) is 7.44. The number of imide groups is 1. The lowest BCUT2D eigenvalue weighted by Crippen LogP contribution is -2.53. The van der Waals surface area contributed by atoms with Gasteiger partial charge in [0.2, 0.25) is 15.9 Å². The van der Waals surface area contributed by atoms with Gasteiger partial charge in [-0.2, -0.15) is 4.31 Å². The Morgan fingerprint density at radius 1 is 0.947 bits per heavy atom. The van der Waals surface area contributed by atoms with Gasteiger partial charge in [-0.3, -0.25) is 14.5 Å². The monoisotopic (exact) mass is 534 g/mol. The summed E-state index contributed by atoms with van der Waals surface area (Å²) >= 11 is 0. The number of carbonyl (C=O) groups is 3. The molecule has 2 aliphatic rings. The Bertz CT molecular complexity index is 1560. The number of hydrogen-bond acceptors (Lipinski definition) is 5. The number of sulfonamides is 1. The van der Waals surface area contributed by atoms with E-state index in [1.807, 2.05) is 49.4 Å². The van der Waals surface area contributed by atoms with Crippen molar-refractivity contribution in [2.45, 2.75) is 31.2 Å². The molecule has 198 valence electrons. The van der Waals surface area contributed by atoms with Crippen LogP contribution in [0.4, 0.5) is 4.79 Å². The first kappa shape index (κ1) is 25.9. The molecule has 0 aromatic heterocycles. The van der Waals surface area contributed by atoms with E-state index in [0.29, 0.717) is 11.1 Å².